The molecule has 0 radical (unpaired) electrons. The molecule has 0 spiro atoms. The predicted octanol–water partition coefficient (Wildman–Crippen LogP) is 4.99. The zero-order valence-electron chi connectivity index (χ0n) is 14.8. The van der Waals surface area contributed by atoms with Crippen molar-refractivity contribution in [1.82, 2.24) is 5.32 Å². The van der Waals surface area contributed by atoms with Gasteiger partial charge in [-0.3, -0.25) is 0 Å². The van der Waals surface area contributed by atoms with Gasteiger partial charge in [0.1, 0.15) is 18.0 Å². The maximum Gasteiger partial charge on any atom is 0.407 e. The van der Waals surface area contributed by atoms with E-state index in [4.69, 9.17) is 21.1 Å². The van der Waals surface area contributed by atoms with E-state index in [1.165, 1.54) is 0 Å². The Balaban J connectivity index is 1.87. The minimum Gasteiger partial charge on any atom is -0.487 e. The van der Waals surface area contributed by atoms with Gasteiger partial charge in [-0.15, -0.1) is 0 Å². The number of nitrogens with one attached hydrogen (secondary N) is 1. The quantitative estimate of drug-likeness (QED) is 0.788. The normalized spacial score (nSPS) is 11.0. The zero-order chi connectivity index (χ0) is 18.3. The Hall–Kier alpha value is -2.20. The van der Waals surface area contributed by atoms with E-state index in [-0.39, 0.29) is 0 Å². The molecule has 0 aliphatic rings. The Morgan fingerprint density at radius 2 is 1.80 bits per heavy atom. The highest BCUT2D eigenvalue weighted by atomic mass is 35.5. The molecule has 0 aromatic heterocycles. The van der Waals surface area contributed by atoms with E-state index in [2.05, 4.69) is 5.32 Å². The molecule has 0 bridgehead atoms. The molecule has 0 saturated heterocycles. The molecular formula is C20H24ClNO3. The predicted molar refractivity (Wildman–Crippen MR) is 100 cm³/mol. The molecule has 2 rings (SSSR count). The number of rotatable bonds is 6. The lowest BCUT2D eigenvalue weighted by atomic mass is 10.1. The Kier molecular flexibility index (Phi) is 6.71. The number of ether oxygens (including phenoxy) is 2. The summed E-state index contributed by atoms with van der Waals surface area (Å²) in [6, 6.07) is 15.6. The largest absolute Gasteiger partial charge is 0.487 e. The van der Waals surface area contributed by atoms with Gasteiger partial charge in [0.25, 0.3) is 0 Å². The molecule has 0 aliphatic heterocycles. The van der Waals surface area contributed by atoms with Crippen molar-refractivity contribution < 1.29 is 14.3 Å². The van der Waals surface area contributed by atoms with E-state index < -0.39 is 11.7 Å². The molecule has 0 aliphatic carbocycles. The summed E-state index contributed by atoms with van der Waals surface area (Å²) in [5, 5.41) is 3.31. The van der Waals surface area contributed by atoms with Gasteiger partial charge in [-0.05, 0) is 50.5 Å². The van der Waals surface area contributed by atoms with Crippen molar-refractivity contribution in [2.24, 2.45) is 0 Å². The Bertz CT molecular complexity index is 696. The van der Waals surface area contributed by atoms with Crippen LogP contribution in [0.3, 0.4) is 0 Å². The summed E-state index contributed by atoms with van der Waals surface area (Å²) in [4.78, 5) is 11.7. The first-order valence-electron chi connectivity index (χ1n) is 8.25. The monoisotopic (exact) mass is 361 g/mol. The van der Waals surface area contributed by atoms with Crippen molar-refractivity contribution in [2.75, 3.05) is 6.54 Å². The first-order chi connectivity index (χ1) is 11.8. The molecule has 0 unspecified atom stereocenters. The first-order valence-corrected chi connectivity index (χ1v) is 8.63. The second-order valence-corrected chi connectivity index (χ2v) is 7.12. The van der Waals surface area contributed by atoms with Crippen LogP contribution in [0.1, 0.15) is 31.9 Å². The molecule has 5 heteroatoms. The number of carbonyl (C=O) groups is 1. The number of amides is 1. The highest BCUT2D eigenvalue weighted by molar-refractivity contribution is 6.32. The summed E-state index contributed by atoms with van der Waals surface area (Å²) < 4.78 is 11.0. The van der Waals surface area contributed by atoms with Crippen LogP contribution in [-0.2, 0) is 17.8 Å². The van der Waals surface area contributed by atoms with Crippen LogP contribution in [0.2, 0.25) is 5.02 Å². The van der Waals surface area contributed by atoms with Crippen molar-refractivity contribution in [1.29, 1.82) is 0 Å². The lowest BCUT2D eigenvalue weighted by Gasteiger charge is -2.19. The van der Waals surface area contributed by atoms with Gasteiger partial charge in [0.2, 0.25) is 0 Å². The molecule has 25 heavy (non-hydrogen) atoms. The van der Waals surface area contributed by atoms with Gasteiger partial charge >= 0.3 is 6.09 Å². The lowest BCUT2D eigenvalue weighted by molar-refractivity contribution is 0.0528. The smallest absolute Gasteiger partial charge is 0.407 e. The third-order valence-corrected chi connectivity index (χ3v) is 3.63. The summed E-state index contributed by atoms with van der Waals surface area (Å²) in [6.07, 6.45) is 0.250. The molecular weight excluding hydrogens is 338 g/mol. The van der Waals surface area contributed by atoms with Crippen LogP contribution in [-0.4, -0.2) is 18.2 Å². The van der Waals surface area contributed by atoms with Gasteiger partial charge in [-0.25, -0.2) is 4.79 Å². The number of hydrogen-bond donors (Lipinski definition) is 1. The standard InChI is InChI=1S/C20H24ClNO3/c1-20(2,3)25-19(23)22-12-11-15-9-10-17(21)18(13-15)24-14-16-7-5-4-6-8-16/h4-10,13H,11-12,14H2,1-3H3,(H,22,23). The first kappa shape index (κ1) is 19.1. The highest BCUT2D eigenvalue weighted by Crippen LogP contribution is 2.26. The van der Waals surface area contributed by atoms with Crippen LogP contribution in [0.15, 0.2) is 48.5 Å². The number of benzene rings is 2. The maximum atomic E-state index is 11.7. The van der Waals surface area contributed by atoms with E-state index in [1.807, 2.05) is 69.3 Å². The van der Waals surface area contributed by atoms with E-state index in [1.54, 1.807) is 0 Å². The van der Waals surface area contributed by atoms with Crippen molar-refractivity contribution in [3.05, 3.63) is 64.7 Å². The van der Waals surface area contributed by atoms with Gasteiger partial charge in [-0.2, -0.15) is 0 Å². The topological polar surface area (TPSA) is 47.6 Å². The molecule has 1 amide bonds. The molecule has 0 heterocycles. The van der Waals surface area contributed by atoms with E-state index in [0.717, 1.165) is 11.1 Å². The van der Waals surface area contributed by atoms with Gasteiger partial charge in [0.15, 0.2) is 0 Å². The highest BCUT2D eigenvalue weighted by Gasteiger charge is 2.15. The lowest BCUT2D eigenvalue weighted by Crippen LogP contribution is -2.33. The summed E-state index contributed by atoms with van der Waals surface area (Å²) in [5.41, 5.74) is 1.61. The second-order valence-electron chi connectivity index (χ2n) is 6.72. The molecule has 134 valence electrons. The summed E-state index contributed by atoms with van der Waals surface area (Å²) in [7, 11) is 0. The Labute approximate surface area is 154 Å². The summed E-state index contributed by atoms with van der Waals surface area (Å²) >= 11 is 6.20. The van der Waals surface area contributed by atoms with E-state index in [9.17, 15) is 4.79 Å². The van der Waals surface area contributed by atoms with E-state index >= 15 is 0 Å². The van der Waals surface area contributed by atoms with Crippen molar-refractivity contribution in [2.45, 2.75) is 39.4 Å². The minimum absolute atomic E-state index is 0.415. The molecule has 2 aromatic rings. The third kappa shape index (κ3) is 7.06. The fraction of sp³-hybridized carbons (Fsp3) is 0.350. The molecule has 0 atom stereocenters. The fourth-order valence-corrected chi connectivity index (χ4v) is 2.34. The van der Waals surface area contributed by atoms with Crippen molar-refractivity contribution in [3.8, 4) is 5.75 Å². The minimum atomic E-state index is -0.497. The molecule has 0 saturated carbocycles. The summed E-state index contributed by atoms with van der Waals surface area (Å²) in [5.74, 6) is 0.639. The Morgan fingerprint density at radius 3 is 2.48 bits per heavy atom. The number of halogens is 1. The van der Waals surface area contributed by atoms with Gasteiger partial charge in [0.05, 0.1) is 5.02 Å². The molecule has 0 fully saturated rings. The van der Waals surface area contributed by atoms with E-state index in [0.29, 0.717) is 30.3 Å². The SMILES string of the molecule is CC(C)(C)OC(=O)NCCc1ccc(Cl)c(OCc2ccccc2)c1. The third-order valence-electron chi connectivity index (χ3n) is 3.31. The average molecular weight is 362 g/mol. The van der Waals surface area contributed by atoms with Crippen LogP contribution in [0.5, 0.6) is 5.75 Å². The van der Waals surface area contributed by atoms with Gasteiger partial charge in [-0.1, -0.05) is 48.0 Å². The number of carbonyl (C=O) groups excluding carboxylic acids is 1. The Morgan fingerprint density at radius 1 is 1.08 bits per heavy atom. The molecule has 2 aromatic carbocycles. The molecule has 1 N–H and O–H groups in total. The second kappa shape index (κ2) is 8.77. The van der Waals surface area contributed by atoms with Crippen LogP contribution in [0.25, 0.3) is 0 Å². The van der Waals surface area contributed by atoms with Crippen molar-refractivity contribution >= 4 is 17.7 Å². The van der Waals surface area contributed by atoms with Crippen LogP contribution in [0.4, 0.5) is 4.79 Å². The maximum absolute atomic E-state index is 11.7. The van der Waals surface area contributed by atoms with Crippen LogP contribution < -0.4 is 10.1 Å². The number of alkyl carbamates (subject to hydrolysis) is 1. The number of hydrogen-bond acceptors (Lipinski definition) is 3. The summed E-state index contributed by atoms with van der Waals surface area (Å²) in [6.45, 7) is 6.45. The van der Waals surface area contributed by atoms with Crippen molar-refractivity contribution in [3.63, 3.8) is 0 Å². The van der Waals surface area contributed by atoms with Crippen LogP contribution >= 0.6 is 11.6 Å². The fourth-order valence-electron chi connectivity index (χ4n) is 2.17. The zero-order valence-corrected chi connectivity index (χ0v) is 15.6. The van der Waals surface area contributed by atoms with Gasteiger partial charge in [0, 0.05) is 6.54 Å². The van der Waals surface area contributed by atoms with Crippen LogP contribution in [0, 0.1) is 0 Å². The average Bonchev–Trinajstić information content (AvgIpc) is 2.54. The molecule has 4 nitrogen and oxygen atoms in total. The van der Waals surface area contributed by atoms with Gasteiger partial charge < -0.3 is 14.8 Å².